The molecule has 0 N–H and O–H groups in total. The van der Waals surface area contributed by atoms with Crippen LogP contribution in [0.5, 0.6) is 0 Å². The highest BCUT2D eigenvalue weighted by Crippen LogP contribution is 2.37. The predicted octanol–water partition coefficient (Wildman–Crippen LogP) is 12.1. The third-order valence-electron chi connectivity index (χ3n) is 10.6. The Labute approximate surface area is 322 Å². The van der Waals surface area contributed by atoms with Gasteiger partial charge in [-0.15, -0.1) is 0 Å². The van der Waals surface area contributed by atoms with E-state index in [9.17, 15) is 0 Å². The van der Waals surface area contributed by atoms with E-state index in [-0.39, 0.29) is 0 Å². The number of para-hydroxylation sites is 3. The van der Waals surface area contributed by atoms with E-state index in [0.29, 0.717) is 17.6 Å². The second-order valence-corrected chi connectivity index (χ2v) is 13.9. The fourth-order valence-electron chi connectivity index (χ4n) is 7.94. The minimum Gasteiger partial charge on any atom is -0.292 e. The van der Waals surface area contributed by atoms with Gasteiger partial charge in [-0.3, -0.25) is 9.13 Å². The maximum atomic E-state index is 5.17. The van der Waals surface area contributed by atoms with Crippen LogP contribution < -0.4 is 0 Å². The molecule has 0 spiro atoms. The Kier molecular flexibility index (Phi) is 7.38. The molecule has 0 aliphatic carbocycles. The van der Waals surface area contributed by atoms with Crippen LogP contribution in [0.25, 0.3) is 101 Å². The summed E-state index contributed by atoms with van der Waals surface area (Å²) < 4.78 is 4.46. The predicted molar refractivity (Wildman–Crippen MR) is 228 cm³/mol. The van der Waals surface area contributed by atoms with Gasteiger partial charge in [-0.1, -0.05) is 158 Å². The molecule has 0 saturated carbocycles. The van der Waals surface area contributed by atoms with Crippen molar-refractivity contribution < 1.29 is 0 Å². The molecule has 0 aliphatic heterocycles. The van der Waals surface area contributed by atoms with Crippen molar-refractivity contribution in [3.05, 3.63) is 194 Å². The van der Waals surface area contributed by atoms with Gasteiger partial charge in [-0.05, 0) is 52.9 Å². The zero-order chi connectivity index (χ0) is 37.0. The van der Waals surface area contributed by atoms with Crippen LogP contribution in [0.4, 0.5) is 0 Å². The number of hydrogen-bond acceptors (Lipinski definition) is 4. The van der Waals surface area contributed by atoms with E-state index in [2.05, 4.69) is 137 Å². The lowest BCUT2D eigenvalue weighted by Crippen LogP contribution is -2.06. The molecule has 0 bridgehead atoms. The lowest BCUT2D eigenvalue weighted by atomic mass is 10.0. The molecule has 3 aromatic heterocycles. The van der Waals surface area contributed by atoms with Crippen LogP contribution in [0.15, 0.2) is 194 Å². The van der Waals surface area contributed by atoms with Gasteiger partial charge in [0.15, 0.2) is 11.6 Å². The van der Waals surface area contributed by atoms with E-state index in [1.54, 1.807) is 0 Å². The molecule has 6 heteroatoms. The van der Waals surface area contributed by atoms with Crippen molar-refractivity contribution in [3.63, 3.8) is 0 Å². The Hall–Kier alpha value is -7.70. The Bertz CT molecular complexity index is 3170. The van der Waals surface area contributed by atoms with Crippen LogP contribution in [0, 0.1) is 0 Å². The Morgan fingerprint density at radius 1 is 0.321 bits per heavy atom. The highest BCUT2D eigenvalue weighted by atomic mass is 15.2. The molecule has 11 aromatic rings. The van der Waals surface area contributed by atoms with Crippen molar-refractivity contribution in [2.75, 3.05) is 0 Å². The van der Waals surface area contributed by atoms with Crippen molar-refractivity contribution in [2.45, 2.75) is 0 Å². The highest BCUT2D eigenvalue weighted by molar-refractivity contribution is 6.10. The quantitative estimate of drug-likeness (QED) is 0.172. The topological polar surface area (TPSA) is 61.4 Å². The van der Waals surface area contributed by atoms with Crippen LogP contribution >= 0.6 is 0 Å². The summed E-state index contributed by atoms with van der Waals surface area (Å²) in [5.74, 6) is 2.75. The summed E-state index contributed by atoms with van der Waals surface area (Å²) in [6.45, 7) is 0. The first-order chi connectivity index (χ1) is 27.8. The van der Waals surface area contributed by atoms with Crippen LogP contribution in [0.3, 0.4) is 0 Å². The van der Waals surface area contributed by atoms with Gasteiger partial charge < -0.3 is 0 Å². The summed E-state index contributed by atoms with van der Waals surface area (Å²) >= 11 is 0. The van der Waals surface area contributed by atoms with Crippen LogP contribution in [0.1, 0.15) is 0 Å². The van der Waals surface area contributed by atoms with E-state index < -0.39 is 0 Å². The summed E-state index contributed by atoms with van der Waals surface area (Å²) in [4.78, 5) is 20.3. The Balaban J connectivity index is 1.03. The maximum absolute atomic E-state index is 5.17. The van der Waals surface area contributed by atoms with Crippen molar-refractivity contribution in [2.24, 2.45) is 0 Å². The van der Waals surface area contributed by atoms with Gasteiger partial charge in [-0.25, -0.2) is 9.97 Å². The number of fused-ring (bicyclic) bond motifs is 5. The Morgan fingerprint density at radius 2 is 0.893 bits per heavy atom. The molecule has 56 heavy (non-hydrogen) atoms. The summed E-state index contributed by atoms with van der Waals surface area (Å²) in [7, 11) is 0. The van der Waals surface area contributed by atoms with Crippen molar-refractivity contribution in [3.8, 4) is 56.9 Å². The lowest BCUT2D eigenvalue weighted by molar-refractivity contribution is 0.953. The maximum Gasteiger partial charge on any atom is 0.238 e. The average Bonchev–Trinajstić information content (AvgIpc) is 3.83. The molecule has 262 valence electrons. The first kappa shape index (κ1) is 31.8. The smallest absolute Gasteiger partial charge is 0.238 e. The Morgan fingerprint density at radius 3 is 1.64 bits per heavy atom. The SMILES string of the molecule is c1ccc(-c2nc(-c3ccccc3)nc(-n3c4ccccc4c4cc(-c5ccc(-c6nc7ccccc7n6-c6cccc7ccccc67)cc5)ccc43)n2)cc1. The number of imidazole rings is 1. The number of aromatic nitrogens is 6. The normalized spacial score (nSPS) is 11.6. The van der Waals surface area contributed by atoms with E-state index in [4.69, 9.17) is 19.9 Å². The zero-order valence-electron chi connectivity index (χ0n) is 30.2. The van der Waals surface area contributed by atoms with E-state index >= 15 is 0 Å². The van der Waals surface area contributed by atoms with Gasteiger partial charge in [0.25, 0.3) is 0 Å². The fraction of sp³-hybridized carbons (Fsp3) is 0. The molecule has 8 aromatic carbocycles. The number of rotatable bonds is 6. The molecule has 0 aliphatic rings. The molecule has 11 rings (SSSR count). The van der Waals surface area contributed by atoms with Gasteiger partial charge in [0.2, 0.25) is 5.95 Å². The summed E-state index contributed by atoms with van der Waals surface area (Å²) in [6.07, 6.45) is 0. The van der Waals surface area contributed by atoms with E-state index in [1.807, 2.05) is 66.7 Å². The van der Waals surface area contributed by atoms with Crippen molar-refractivity contribution >= 4 is 43.6 Å². The van der Waals surface area contributed by atoms with Crippen molar-refractivity contribution in [1.29, 1.82) is 0 Å². The second-order valence-electron chi connectivity index (χ2n) is 13.9. The lowest BCUT2D eigenvalue weighted by Gasteiger charge is -2.13. The zero-order valence-corrected chi connectivity index (χ0v) is 30.2. The molecule has 0 unspecified atom stereocenters. The second kappa shape index (κ2) is 13.0. The molecule has 6 nitrogen and oxygen atoms in total. The van der Waals surface area contributed by atoms with Gasteiger partial charge in [0.1, 0.15) is 5.82 Å². The molecule has 0 saturated heterocycles. The van der Waals surface area contributed by atoms with Crippen LogP contribution in [0.2, 0.25) is 0 Å². The number of hydrogen-bond donors (Lipinski definition) is 0. The molecule has 0 radical (unpaired) electrons. The van der Waals surface area contributed by atoms with E-state index in [0.717, 1.165) is 72.2 Å². The third kappa shape index (κ3) is 5.27. The molecule has 3 heterocycles. The summed E-state index contributed by atoms with van der Waals surface area (Å²) in [6, 6.07) is 67.5. The summed E-state index contributed by atoms with van der Waals surface area (Å²) in [5, 5.41) is 4.65. The van der Waals surface area contributed by atoms with E-state index in [1.165, 1.54) is 10.8 Å². The average molecular weight is 717 g/mol. The van der Waals surface area contributed by atoms with Crippen LogP contribution in [-0.4, -0.2) is 29.1 Å². The highest BCUT2D eigenvalue weighted by Gasteiger charge is 2.19. The minimum absolute atomic E-state index is 0.579. The van der Waals surface area contributed by atoms with Gasteiger partial charge in [0, 0.05) is 32.8 Å². The monoisotopic (exact) mass is 716 g/mol. The molecule has 0 fully saturated rings. The third-order valence-corrected chi connectivity index (χ3v) is 10.6. The molecule has 0 amide bonds. The fourth-order valence-corrected chi connectivity index (χ4v) is 7.94. The number of nitrogens with zero attached hydrogens (tertiary/aromatic N) is 6. The minimum atomic E-state index is 0.579. The standard InChI is InChI=1S/C50H32N6/c1-3-15-35(16-4-1)47-52-48(36-17-5-2-6-18-36)54-50(53-47)56-44-23-11-9-21-40(44)41-32-38(30-31-45(41)56)33-26-28-37(29-27-33)49-51-42-22-10-12-24-46(42)55(49)43-25-13-19-34-14-7-8-20-39(34)43/h1-32H. The molecule has 0 atom stereocenters. The van der Waals surface area contributed by atoms with Gasteiger partial charge in [-0.2, -0.15) is 9.97 Å². The first-order valence-electron chi connectivity index (χ1n) is 18.7. The summed E-state index contributed by atoms with van der Waals surface area (Å²) in [5.41, 5.74) is 10.4. The molecular weight excluding hydrogens is 685 g/mol. The van der Waals surface area contributed by atoms with Crippen molar-refractivity contribution in [1.82, 2.24) is 29.1 Å². The molecular formula is C50H32N6. The number of benzene rings is 8. The first-order valence-corrected chi connectivity index (χ1v) is 18.7. The largest absolute Gasteiger partial charge is 0.292 e. The van der Waals surface area contributed by atoms with Crippen LogP contribution in [-0.2, 0) is 0 Å². The van der Waals surface area contributed by atoms with Gasteiger partial charge in [0.05, 0.1) is 27.8 Å². The van der Waals surface area contributed by atoms with Gasteiger partial charge >= 0.3 is 0 Å².